The molecule has 1 saturated heterocycles. The molecule has 2 N–H and O–H groups in total. The maximum atomic E-state index is 14.8. The molecule has 0 radical (unpaired) electrons. The first-order chi connectivity index (χ1) is 15.5. The van der Waals surface area contributed by atoms with Crippen LogP contribution in [0.1, 0.15) is 5.69 Å². The van der Waals surface area contributed by atoms with Crippen LogP contribution in [0.3, 0.4) is 0 Å². The molecule has 11 nitrogen and oxygen atoms in total. The number of nitrogens with one attached hydrogen (secondary N) is 1. The molecule has 13 heteroatoms. The van der Waals surface area contributed by atoms with Gasteiger partial charge in [0.05, 0.1) is 43.2 Å². The first kappa shape index (κ1) is 21.6. The molecule has 1 atom stereocenters. The van der Waals surface area contributed by atoms with E-state index in [9.17, 15) is 18.8 Å². The number of hydrogen-bond donors (Lipinski definition) is 2. The minimum absolute atomic E-state index is 0.0260. The van der Waals surface area contributed by atoms with Crippen molar-refractivity contribution in [2.45, 2.75) is 12.5 Å². The summed E-state index contributed by atoms with van der Waals surface area (Å²) < 4.78 is 19.7. The Morgan fingerprint density at radius 1 is 1.41 bits per heavy atom. The maximum Gasteiger partial charge on any atom is 0.414 e. The molecule has 3 amide bonds. The van der Waals surface area contributed by atoms with Gasteiger partial charge in [0.2, 0.25) is 12.3 Å². The molecular formula is C19H19FN6O5S. The number of hydrazone groups is 1. The average Bonchev–Trinajstić information content (AvgIpc) is 3.40. The highest BCUT2D eigenvalue weighted by molar-refractivity contribution is 7.13. The van der Waals surface area contributed by atoms with E-state index in [-0.39, 0.29) is 37.7 Å². The summed E-state index contributed by atoms with van der Waals surface area (Å²) in [5, 5.41) is 19.0. The summed E-state index contributed by atoms with van der Waals surface area (Å²) in [6.45, 7) is 0.402. The number of rotatable bonds is 7. The zero-order chi connectivity index (χ0) is 22.7. The number of carbonyl (C=O) groups excluding carboxylic acids is 3. The van der Waals surface area contributed by atoms with Gasteiger partial charge in [-0.05, 0) is 18.2 Å². The maximum absolute atomic E-state index is 14.8. The van der Waals surface area contributed by atoms with Crippen molar-refractivity contribution in [3.63, 3.8) is 0 Å². The Hall–Kier alpha value is -3.58. The molecule has 1 fully saturated rings. The van der Waals surface area contributed by atoms with Crippen LogP contribution in [0.4, 0.5) is 25.7 Å². The number of halogens is 1. The summed E-state index contributed by atoms with van der Waals surface area (Å²) in [5.74, 6) is -0.836. The highest BCUT2D eigenvalue weighted by atomic mass is 32.1. The third kappa shape index (κ3) is 4.53. The monoisotopic (exact) mass is 462 g/mol. The number of hydrogen-bond acceptors (Lipinski definition) is 9. The number of thiazole rings is 1. The van der Waals surface area contributed by atoms with E-state index in [1.807, 2.05) is 0 Å². The van der Waals surface area contributed by atoms with E-state index in [4.69, 9.17) is 9.84 Å². The molecule has 4 rings (SSSR count). The number of aliphatic hydroxyl groups is 1. The van der Waals surface area contributed by atoms with Gasteiger partial charge in [0.25, 0.3) is 0 Å². The van der Waals surface area contributed by atoms with Gasteiger partial charge in [-0.25, -0.2) is 19.2 Å². The molecule has 0 aliphatic carbocycles. The first-order valence-corrected chi connectivity index (χ1v) is 10.5. The lowest BCUT2D eigenvalue weighted by Gasteiger charge is -2.29. The van der Waals surface area contributed by atoms with Gasteiger partial charge in [-0.3, -0.25) is 14.5 Å². The molecule has 1 aromatic carbocycles. The number of benzene rings is 1. The molecule has 1 unspecified atom stereocenters. The summed E-state index contributed by atoms with van der Waals surface area (Å²) >= 11 is 1.22. The molecule has 0 spiro atoms. The fourth-order valence-corrected chi connectivity index (χ4v) is 3.96. The normalized spacial score (nSPS) is 18.1. The summed E-state index contributed by atoms with van der Waals surface area (Å²) in [6.07, 6.45) is 0.630. The van der Waals surface area contributed by atoms with E-state index < -0.39 is 18.0 Å². The van der Waals surface area contributed by atoms with Gasteiger partial charge in [0.1, 0.15) is 18.3 Å². The highest BCUT2D eigenvalue weighted by Crippen LogP contribution is 2.28. The molecule has 168 valence electrons. The van der Waals surface area contributed by atoms with Gasteiger partial charge in [-0.15, -0.1) is 11.3 Å². The van der Waals surface area contributed by atoms with Crippen LogP contribution in [0.2, 0.25) is 0 Å². The second kappa shape index (κ2) is 9.28. The quantitative estimate of drug-likeness (QED) is 0.588. The number of amides is 3. The second-order valence-corrected chi connectivity index (χ2v) is 7.82. The van der Waals surface area contributed by atoms with Crippen molar-refractivity contribution in [2.24, 2.45) is 5.10 Å². The zero-order valence-corrected chi connectivity index (χ0v) is 17.5. The van der Waals surface area contributed by atoms with Crippen molar-refractivity contribution in [3.8, 4) is 0 Å². The molecule has 1 aromatic heterocycles. The van der Waals surface area contributed by atoms with E-state index in [1.165, 1.54) is 39.7 Å². The summed E-state index contributed by atoms with van der Waals surface area (Å²) in [6, 6.07) is 4.32. The first-order valence-electron chi connectivity index (χ1n) is 9.62. The van der Waals surface area contributed by atoms with Gasteiger partial charge in [-0.1, -0.05) is 0 Å². The smallest absolute Gasteiger partial charge is 0.414 e. The Labute approximate surface area is 185 Å². The van der Waals surface area contributed by atoms with Crippen molar-refractivity contribution in [3.05, 3.63) is 35.1 Å². The van der Waals surface area contributed by atoms with E-state index in [0.29, 0.717) is 29.5 Å². The predicted molar refractivity (Wildman–Crippen MR) is 114 cm³/mol. The zero-order valence-electron chi connectivity index (χ0n) is 16.7. The summed E-state index contributed by atoms with van der Waals surface area (Å²) in [5.41, 5.74) is 1.09. The minimum atomic E-state index is -0.640. The Kier molecular flexibility index (Phi) is 6.28. The van der Waals surface area contributed by atoms with E-state index in [1.54, 1.807) is 16.3 Å². The van der Waals surface area contributed by atoms with Crippen LogP contribution >= 0.6 is 11.3 Å². The third-order valence-electron chi connectivity index (χ3n) is 4.87. The van der Waals surface area contributed by atoms with Gasteiger partial charge in [0.15, 0.2) is 5.13 Å². The lowest BCUT2D eigenvalue weighted by molar-refractivity contribution is -0.130. The van der Waals surface area contributed by atoms with Crippen molar-refractivity contribution >= 4 is 52.6 Å². The average molecular weight is 462 g/mol. The summed E-state index contributed by atoms with van der Waals surface area (Å²) in [7, 11) is 0. The predicted octanol–water partition coefficient (Wildman–Crippen LogP) is 1.00. The van der Waals surface area contributed by atoms with Crippen molar-refractivity contribution in [2.75, 3.05) is 41.4 Å². The Balaban J connectivity index is 1.39. The molecule has 2 aromatic rings. The number of ether oxygens (including phenoxy) is 1. The van der Waals surface area contributed by atoms with Gasteiger partial charge in [0, 0.05) is 11.9 Å². The Bertz CT molecular complexity index is 1060. The highest BCUT2D eigenvalue weighted by Gasteiger charge is 2.32. The number of anilines is 3. The van der Waals surface area contributed by atoms with Crippen molar-refractivity contribution < 1.29 is 28.6 Å². The van der Waals surface area contributed by atoms with Gasteiger partial charge < -0.3 is 20.1 Å². The van der Waals surface area contributed by atoms with Crippen molar-refractivity contribution in [1.82, 2.24) is 9.99 Å². The van der Waals surface area contributed by atoms with Gasteiger partial charge in [-0.2, -0.15) is 5.10 Å². The lowest BCUT2D eigenvalue weighted by Crippen LogP contribution is -2.41. The van der Waals surface area contributed by atoms with E-state index >= 15 is 0 Å². The SMILES string of the molecule is O=CNc1nc(CC(=O)N2CCN(c3ccc(N4CC(CO)OC4=O)cc3F)C=N2)cs1. The number of carbonyl (C=O) groups is 3. The molecule has 0 bridgehead atoms. The fourth-order valence-electron chi connectivity index (χ4n) is 3.29. The molecular weight excluding hydrogens is 443 g/mol. The topological polar surface area (TPSA) is 128 Å². The number of nitrogens with zero attached hydrogens (tertiary/aromatic N) is 5. The Morgan fingerprint density at radius 2 is 2.25 bits per heavy atom. The second-order valence-electron chi connectivity index (χ2n) is 6.96. The molecule has 32 heavy (non-hydrogen) atoms. The van der Waals surface area contributed by atoms with Crippen LogP contribution in [0.5, 0.6) is 0 Å². The number of aliphatic hydroxyl groups excluding tert-OH is 1. The van der Waals surface area contributed by atoms with Crippen LogP contribution in [-0.2, 0) is 20.7 Å². The largest absolute Gasteiger partial charge is 0.441 e. The van der Waals surface area contributed by atoms with Crippen molar-refractivity contribution in [1.29, 1.82) is 0 Å². The van der Waals surface area contributed by atoms with Crippen LogP contribution < -0.4 is 15.1 Å². The Morgan fingerprint density at radius 3 is 2.91 bits per heavy atom. The minimum Gasteiger partial charge on any atom is -0.441 e. The van der Waals surface area contributed by atoms with E-state index in [2.05, 4.69) is 15.4 Å². The molecule has 0 saturated carbocycles. The summed E-state index contributed by atoms with van der Waals surface area (Å²) in [4.78, 5) is 41.7. The molecule has 3 heterocycles. The molecule has 2 aliphatic heterocycles. The number of aromatic nitrogens is 1. The van der Waals surface area contributed by atoms with Gasteiger partial charge >= 0.3 is 6.09 Å². The van der Waals surface area contributed by atoms with Crippen LogP contribution in [0, 0.1) is 5.82 Å². The fraction of sp³-hybridized carbons (Fsp3) is 0.316. The standard InChI is InChI=1S/C19H19FN6O5S/c20-15-6-13(25-7-14(8-27)31-19(25)30)1-2-16(15)24-3-4-26(22-10-24)17(29)5-12-9-32-18(23-12)21-11-28/h1-2,6,9-11,14,27H,3-5,7-8H2,(H,21,23,28). The van der Waals surface area contributed by atoms with Crippen LogP contribution in [0.15, 0.2) is 28.7 Å². The van der Waals surface area contributed by atoms with Crippen LogP contribution in [-0.4, -0.2) is 72.2 Å². The van der Waals surface area contributed by atoms with Crippen LogP contribution in [0.25, 0.3) is 0 Å². The molecule has 2 aliphatic rings. The third-order valence-corrected chi connectivity index (χ3v) is 5.69. The lowest BCUT2D eigenvalue weighted by atomic mass is 10.2. The number of cyclic esters (lactones) is 1. The van der Waals surface area contributed by atoms with E-state index in [0.717, 1.165) is 0 Å².